The van der Waals surface area contributed by atoms with Crippen molar-refractivity contribution in [2.75, 3.05) is 13.2 Å². The van der Waals surface area contributed by atoms with Crippen molar-refractivity contribution < 1.29 is 42.5 Å². The first-order chi connectivity index (χ1) is 13.6. The number of carbonyl (C=O) groups excluding carboxylic acids is 2. The molecule has 0 saturated carbocycles. The van der Waals surface area contributed by atoms with Gasteiger partial charge in [0.15, 0.2) is 11.6 Å². The second kappa shape index (κ2) is 9.53. The highest BCUT2D eigenvalue weighted by Gasteiger charge is 2.42. The quantitative estimate of drug-likeness (QED) is 0.540. The number of esters is 1. The van der Waals surface area contributed by atoms with Crippen molar-refractivity contribution in [2.45, 2.75) is 39.5 Å². The second-order valence-electron chi connectivity index (χ2n) is 7.10. The van der Waals surface area contributed by atoms with Crippen LogP contribution in [0.1, 0.15) is 27.2 Å². The van der Waals surface area contributed by atoms with Gasteiger partial charge in [0.25, 0.3) is 6.29 Å². The van der Waals surface area contributed by atoms with Gasteiger partial charge in [0.2, 0.25) is 0 Å². The van der Waals surface area contributed by atoms with Crippen LogP contribution < -0.4 is 4.74 Å². The molecule has 3 atom stereocenters. The maximum Gasteiger partial charge on any atom is 0.413 e. The SMILES string of the molecule is CC(=O)O[C@@H](OC(=O)N1C[C@@H](COc2cc(F)ccc2F)C[C@H]1C(=O)O)C(C)C. The lowest BCUT2D eigenvalue weighted by molar-refractivity contribution is -0.174. The third kappa shape index (κ3) is 6.03. The number of rotatable bonds is 7. The zero-order chi connectivity index (χ0) is 21.7. The van der Waals surface area contributed by atoms with E-state index in [-0.39, 0.29) is 31.2 Å². The van der Waals surface area contributed by atoms with Gasteiger partial charge < -0.3 is 19.3 Å². The van der Waals surface area contributed by atoms with E-state index < -0.39 is 47.9 Å². The van der Waals surface area contributed by atoms with Crippen molar-refractivity contribution in [2.24, 2.45) is 11.8 Å². The number of carbonyl (C=O) groups is 3. The van der Waals surface area contributed by atoms with E-state index in [1.165, 1.54) is 0 Å². The van der Waals surface area contributed by atoms with Gasteiger partial charge in [0.05, 0.1) is 6.61 Å². The molecule has 1 aliphatic rings. The van der Waals surface area contributed by atoms with Gasteiger partial charge >= 0.3 is 18.0 Å². The minimum absolute atomic E-state index is 0.0301. The number of halogens is 2. The lowest BCUT2D eigenvalue weighted by Crippen LogP contribution is -2.43. The van der Waals surface area contributed by atoms with Crippen LogP contribution in [0.4, 0.5) is 13.6 Å². The molecule has 1 amide bonds. The van der Waals surface area contributed by atoms with Gasteiger partial charge in [-0.3, -0.25) is 9.69 Å². The number of aliphatic carboxylic acids is 1. The Labute approximate surface area is 166 Å². The van der Waals surface area contributed by atoms with E-state index in [1.54, 1.807) is 13.8 Å². The third-order valence-electron chi connectivity index (χ3n) is 4.32. The lowest BCUT2D eigenvalue weighted by atomic mass is 10.1. The summed E-state index contributed by atoms with van der Waals surface area (Å²) >= 11 is 0. The summed E-state index contributed by atoms with van der Waals surface area (Å²) < 4.78 is 42.3. The van der Waals surface area contributed by atoms with Crippen LogP contribution in [0, 0.1) is 23.5 Å². The summed E-state index contributed by atoms with van der Waals surface area (Å²) in [5, 5.41) is 9.42. The summed E-state index contributed by atoms with van der Waals surface area (Å²) in [4.78, 5) is 36.2. The molecular weight excluding hydrogens is 392 g/mol. The number of amides is 1. The van der Waals surface area contributed by atoms with Crippen LogP contribution in [0.25, 0.3) is 0 Å². The van der Waals surface area contributed by atoms with Gasteiger partial charge in [-0.1, -0.05) is 13.8 Å². The Morgan fingerprint density at radius 2 is 1.93 bits per heavy atom. The van der Waals surface area contributed by atoms with Gasteiger partial charge in [0, 0.05) is 31.4 Å². The largest absolute Gasteiger partial charge is 0.490 e. The summed E-state index contributed by atoms with van der Waals surface area (Å²) in [5.41, 5.74) is 0. The van der Waals surface area contributed by atoms with Crippen LogP contribution in [-0.2, 0) is 19.1 Å². The van der Waals surface area contributed by atoms with Gasteiger partial charge in [-0.2, -0.15) is 0 Å². The Bertz CT molecular complexity index is 771. The Morgan fingerprint density at radius 1 is 1.24 bits per heavy atom. The number of carboxylic acids is 1. The van der Waals surface area contributed by atoms with Crippen molar-refractivity contribution in [3.63, 3.8) is 0 Å². The Morgan fingerprint density at radius 3 is 2.52 bits per heavy atom. The first-order valence-electron chi connectivity index (χ1n) is 9.03. The molecule has 1 fully saturated rings. The van der Waals surface area contributed by atoms with Crippen LogP contribution >= 0.6 is 0 Å². The molecule has 0 unspecified atom stereocenters. The molecular formula is C19H23F2NO7. The summed E-state index contributed by atoms with van der Waals surface area (Å²) in [5.74, 6) is -4.40. The van der Waals surface area contributed by atoms with Crippen molar-refractivity contribution in [3.05, 3.63) is 29.8 Å². The normalized spacial score (nSPS) is 19.7. The fourth-order valence-electron chi connectivity index (χ4n) is 2.90. The predicted octanol–water partition coefficient (Wildman–Crippen LogP) is 2.80. The molecule has 0 spiro atoms. The Kier molecular flexibility index (Phi) is 7.35. The molecule has 0 aromatic heterocycles. The summed E-state index contributed by atoms with van der Waals surface area (Å²) in [6.07, 6.45) is -2.07. The molecule has 0 aliphatic carbocycles. The first-order valence-corrected chi connectivity index (χ1v) is 9.03. The van der Waals surface area contributed by atoms with E-state index in [1.807, 2.05) is 0 Å². The molecule has 1 aliphatic heterocycles. The Hall–Kier alpha value is -2.91. The fraction of sp³-hybridized carbons (Fsp3) is 0.526. The zero-order valence-corrected chi connectivity index (χ0v) is 16.3. The van der Waals surface area contributed by atoms with E-state index in [4.69, 9.17) is 14.2 Å². The van der Waals surface area contributed by atoms with Crippen molar-refractivity contribution in [1.82, 2.24) is 4.90 Å². The van der Waals surface area contributed by atoms with E-state index >= 15 is 0 Å². The number of hydrogen-bond acceptors (Lipinski definition) is 6. The molecule has 1 aromatic rings. The highest BCUT2D eigenvalue weighted by atomic mass is 19.1. The highest BCUT2D eigenvalue weighted by molar-refractivity contribution is 5.81. The van der Waals surface area contributed by atoms with Crippen molar-refractivity contribution in [3.8, 4) is 5.75 Å². The van der Waals surface area contributed by atoms with Crippen LogP contribution in [0.15, 0.2) is 18.2 Å². The molecule has 0 radical (unpaired) electrons. The molecule has 10 heteroatoms. The topological polar surface area (TPSA) is 102 Å². The molecule has 29 heavy (non-hydrogen) atoms. The molecule has 1 aromatic carbocycles. The minimum atomic E-state index is -1.24. The molecule has 8 nitrogen and oxygen atoms in total. The number of benzene rings is 1. The van der Waals surface area contributed by atoms with Gasteiger partial charge in [-0.05, 0) is 18.6 Å². The number of hydrogen-bond donors (Lipinski definition) is 1. The number of nitrogens with zero attached hydrogens (tertiary/aromatic N) is 1. The third-order valence-corrected chi connectivity index (χ3v) is 4.32. The summed E-state index contributed by atoms with van der Waals surface area (Å²) in [6, 6.07) is 1.57. The van der Waals surface area contributed by atoms with Crippen LogP contribution in [-0.4, -0.2) is 53.5 Å². The molecule has 160 valence electrons. The zero-order valence-electron chi connectivity index (χ0n) is 16.3. The molecule has 1 N–H and O–H groups in total. The second-order valence-corrected chi connectivity index (χ2v) is 7.10. The molecule has 0 bridgehead atoms. The standard InChI is InChI=1S/C19H23F2NO7/c1-10(2)18(28-11(3)23)29-19(26)22-8-12(6-15(22)17(24)25)9-27-16-7-13(20)4-5-14(16)21/h4-5,7,10,12,15,18H,6,8-9H2,1-3H3,(H,24,25)/t12-,15-,18-/m0/s1. The molecule has 1 heterocycles. The van der Waals surface area contributed by atoms with E-state index in [0.717, 1.165) is 30.0 Å². The maximum absolute atomic E-state index is 13.7. The van der Waals surface area contributed by atoms with Crippen LogP contribution in [0.3, 0.4) is 0 Å². The summed E-state index contributed by atoms with van der Waals surface area (Å²) in [7, 11) is 0. The van der Waals surface area contributed by atoms with E-state index in [9.17, 15) is 28.3 Å². The number of carboxylic acid groups (broad SMARTS) is 1. The van der Waals surface area contributed by atoms with Crippen molar-refractivity contribution in [1.29, 1.82) is 0 Å². The van der Waals surface area contributed by atoms with Crippen molar-refractivity contribution >= 4 is 18.0 Å². The fourth-order valence-corrected chi connectivity index (χ4v) is 2.90. The highest BCUT2D eigenvalue weighted by Crippen LogP contribution is 2.27. The lowest BCUT2D eigenvalue weighted by Gasteiger charge is -2.26. The smallest absolute Gasteiger partial charge is 0.413 e. The van der Waals surface area contributed by atoms with Crippen LogP contribution in [0.5, 0.6) is 5.75 Å². The molecule has 2 rings (SSSR count). The first kappa shape index (κ1) is 22.4. The van der Waals surface area contributed by atoms with E-state index in [2.05, 4.69) is 0 Å². The number of ether oxygens (including phenoxy) is 3. The average molecular weight is 415 g/mol. The number of likely N-dealkylation sites (tertiary alicyclic amines) is 1. The van der Waals surface area contributed by atoms with Gasteiger partial charge in [-0.15, -0.1) is 0 Å². The van der Waals surface area contributed by atoms with Gasteiger partial charge in [0.1, 0.15) is 11.9 Å². The van der Waals surface area contributed by atoms with E-state index in [0.29, 0.717) is 0 Å². The summed E-state index contributed by atoms with van der Waals surface area (Å²) in [6.45, 7) is 4.36. The molecule has 1 saturated heterocycles. The Balaban J connectivity index is 2.04. The average Bonchev–Trinajstić information content (AvgIpc) is 3.06. The van der Waals surface area contributed by atoms with Gasteiger partial charge in [-0.25, -0.2) is 18.4 Å². The monoisotopic (exact) mass is 415 g/mol. The predicted molar refractivity (Wildman–Crippen MR) is 95.0 cm³/mol. The maximum atomic E-state index is 13.7. The minimum Gasteiger partial charge on any atom is -0.490 e. The van der Waals surface area contributed by atoms with Crippen LogP contribution in [0.2, 0.25) is 0 Å².